The van der Waals surface area contributed by atoms with Gasteiger partial charge in [0, 0.05) is 17.9 Å². The van der Waals surface area contributed by atoms with Gasteiger partial charge in [-0.15, -0.1) is 0 Å². The minimum atomic E-state index is -1.30. The molecule has 1 heterocycles. The fraction of sp³-hybridized carbons (Fsp3) is 0.400. The van der Waals surface area contributed by atoms with E-state index in [0.29, 0.717) is 6.54 Å². The molecule has 1 unspecified atom stereocenters. The molecule has 0 aromatic heterocycles. The zero-order valence-electron chi connectivity index (χ0n) is 18.7. The monoisotopic (exact) mass is 436 g/mol. The Morgan fingerprint density at radius 3 is 2.09 bits per heavy atom. The maximum Gasteiger partial charge on any atom is 0.408 e. The number of ether oxygens (including phenoxy) is 1. The van der Waals surface area contributed by atoms with Crippen molar-refractivity contribution in [1.29, 1.82) is 0 Å². The SMILES string of the molecule is CC(C)(NC(=O)OCC1c2ccccc2-c2ccccc21)C(=O)N1CC(C)(C)C1C(=O)O. The van der Waals surface area contributed by atoms with Crippen molar-refractivity contribution in [3.8, 4) is 11.1 Å². The first kappa shape index (κ1) is 21.9. The Kier molecular flexibility index (Phi) is 5.23. The Labute approximate surface area is 187 Å². The van der Waals surface area contributed by atoms with E-state index in [1.807, 2.05) is 50.2 Å². The number of fused-ring (bicyclic) bond motifs is 3. The zero-order chi connectivity index (χ0) is 23.3. The van der Waals surface area contributed by atoms with Gasteiger partial charge in [-0.3, -0.25) is 4.79 Å². The molecule has 2 aromatic rings. The van der Waals surface area contributed by atoms with Gasteiger partial charge in [0.15, 0.2) is 0 Å². The number of hydrogen-bond acceptors (Lipinski definition) is 4. The number of rotatable bonds is 5. The number of carboxylic acids is 1. The number of carboxylic acid groups (broad SMARTS) is 1. The maximum absolute atomic E-state index is 13.0. The predicted octanol–water partition coefficient (Wildman–Crippen LogP) is 3.63. The van der Waals surface area contributed by atoms with Crippen molar-refractivity contribution in [3.63, 3.8) is 0 Å². The molecule has 1 saturated heterocycles. The minimum Gasteiger partial charge on any atom is -0.480 e. The molecule has 0 radical (unpaired) electrons. The van der Waals surface area contributed by atoms with Crippen LogP contribution in [0.1, 0.15) is 44.7 Å². The largest absolute Gasteiger partial charge is 0.480 e. The van der Waals surface area contributed by atoms with E-state index in [4.69, 9.17) is 4.74 Å². The maximum atomic E-state index is 13.0. The minimum absolute atomic E-state index is 0.0838. The molecule has 1 aliphatic heterocycles. The summed E-state index contributed by atoms with van der Waals surface area (Å²) < 4.78 is 5.54. The molecule has 1 aliphatic carbocycles. The number of nitrogens with one attached hydrogen (secondary N) is 1. The van der Waals surface area contributed by atoms with Crippen LogP contribution in [-0.2, 0) is 14.3 Å². The van der Waals surface area contributed by atoms with Crippen LogP contribution < -0.4 is 5.32 Å². The molecule has 168 valence electrons. The van der Waals surface area contributed by atoms with Crippen molar-refractivity contribution in [2.24, 2.45) is 5.41 Å². The van der Waals surface area contributed by atoms with Crippen LogP contribution in [0.25, 0.3) is 11.1 Å². The summed E-state index contributed by atoms with van der Waals surface area (Å²) in [4.78, 5) is 38.5. The van der Waals surface area contributed by atoms with Crippen molar-refractivity contribution in [2.45, 2.75) is 45.2 Å². The average molecular weight is 437 g/mol. The second-order valence-electron chi connectivity index (χ2n) is 9.74. The fourth-order valence-corrected chi connectivity index (χ4v) is 4.88. The quantitative estimate of drug-likeness (QED) is 0.746. The van der Waals surface area contributed by atoms with Gasteiger partial charge in [0.2, 0.25) is 5.91 Å². The van der Waals surface area contributed by atoms with Crippen LogP contribution in [0.2, 0.25) is 0 Å². The average Bonchev–Trinajstić information content (AvgIpc) is 3.03. The molecule has 1 atom stereocenters. The summed E-state index contributed by atoms with van der Waals surface area (Å²) >= 11 is 0. The normalized spacial score (nSPS) is 18.9. The van der Waals surface area contributed by atoms with Gasteiger partial charge in [-0.2, -0.15) is 0 Å². The molecule has 2 amide bonds. The van der Waals surface area contributed by atoms with Gasteiger partial charge in [0.05, 0.1) is 0 Å². The molecule has 7 heteroatoms. The van der Waals surface area contributed by atoms with Gasteiger partial charge >= 0.3 is 12.1 Å². The van der Waals surface area contributed by atoms with Crippen molar-refractivity contribution in [3.05, 3.63) is 59.7 Å². The number of carbonyl (C=O) groups is 3. The number of alkyl carbamates (subject to hydrolysis) is 1. The Morgan fingerprint density at radius 1 is 1.06 bits per heavy atom. The van der Waals surface area contributed by atoms with Gasteiger partial charge in [0.1, 0.15) is 18.2 Å². The summed E-state index contributed by atoms with van der Waals surface area (Å²) in [6.45, 7) is 7.18. The molecule has 2 aromatic carbocycles. The van der Waals surface area contributed by atoms with E-state index < -0.39 is 35.0 Å². The highest BCUT2D eigenvalue weighted by atomic mass is 16.5. The molecule has 7 nitrogen and oxygen atoms in total. The summed E-state index contributed by atoms with van der Waals surface area (Å²) in [6.07, 6.45) is -0.711. The van der Waals surface area contributed by atoms with Crippen LogP contribution in [-0.4, -0.2) is 52.7 Å². The number of likely N-dealkylation sites (tertiary alicyclic amines) is 1. The van der Waals surface area contributed by atoms with E-state index in [1.165, 1.54) is 4.90 Å². The van der Waals surface area contributed by atoms with E-state index >= 15 is 0 Å². The number of nitrogens with zero attached hydrogens (tertiary/aromatic N) is 1. The van der Waals surface area contributed by atoms with Crippen LogP contribution in [0, 0.1) is 5.41 Å². The summed E-state index contributed by atoms with van der Waals surface area (Å²) in [7, 11) is 0. The standard InChI is InChI=1S/C25H28N2O5/c1-24(2)14-27(20(24)21(28)29)22(30)25(3,4)26-23(31)32-13-19-17-11-7-5-9-15(17)16-10-6-8-12-18(16)19/h5-12,19-20H,13-14H2,1-4H3,(H,26,31)(H,28,29). The van der Waals surface area contributed by atoms with Crippen molar-refractivity contribution in [2.75, 3.05) is 13.2 Å². The van der Waals surface area contributed by atoms with Crippen molar-refractivity contribution in [1.82, 2.24) is 10.2 Å². The molecule has 0 spiro atoms. The molecular weight excluding hydrogens is 408 g/mol. The van der Waals surface area contributed by atoms with Gasteiger partial charge in [-0.1, -0.05) is 62.4 Å². The highest BCUT2D eigenvalue weighted by molar-refractivity contribution is 5.93. The molecule has 2 N–H and O–H groups in total. The summed E-state index contributed by atoms with van der Waals surface area (Å²) in [5, 5.41) is 12.1. The molecule has 32 heavy (non-hydrogen) atoms. The number of amides is 2. The zero-order valence-corrected chi connectivity index (χ0v) is 18.7. The van der Waals surface area contributed by atoms with Gasteiger partial charge in [-0.25, -0.2) is 9.59 Å². The van der Waals surface area contributed by atoms with Crippen LogP contribution in [0.15, 0.2) is 48.5 Å². The van der Waals surface area contributed by atoms with Crippen molar-refractivity contribution < 1.29 is 24.2 Å². The first-order chi connectivity index (χ1) is 15.0. The summed E-state index contributed by atoms with van der Waals surface area (Å²) in [5.74, 6) is -1.58. The number of aliphatic carboxylic acids is 1. The highest BCUT2D eigenvalue weighted by Gasteiger charge is 2.55. The second kappa shape index (κ2) is 7.65. The molecular formula is C25H28N2O5. The molecule has 0 bridgehead atoms. The van der Waals surface area contributed by atoms with Crippen molar-refractivity contribution >= 4 is 18.0 Å². The van der Waals surface area contributed by atoms with E-state index in [2.05, 4.69) is 17.4 Å². The summed E-state index contributed by atoms with van der Waals surface area (Å²) in [5.41, 5.74) is 2.65. The molecule has 4 rings (SSSR count). The Bertz CT molecular complexity index is 1050. The van der Waals surface area contributed by atoms with E-state index in [-0.39, 0.29) is 12.5 Å². The van der Waals surface area contributed by atoms with Crippen LogP contribution in [0.4, 0.5) is 4.79 Å². The van der Waals surface area contributed by atoms with E-state index in [9.17, 15) is 19.5 Å². The van der Waals surface area contributed by atoms with E-state index in [1.54, 1.807) is 13.8 Å². The number of hydrogen-bond donors (Lipinski definition) is 2. The first-order valence-corrected chi connectivity index (χ1v) is 10.7. The topological polar surface area (TPSA) is 95.9 Å². The molecule has 1 fully saturated rings. The van der Waals surface area contributed by atoms with Crippen LogP contribution in [0.5, 0.6) is 0 Å². The molecule has 2 aliphatic rings. The van der Waals surface area contributed by atoms with E-state index in [0.717, 1.165) is 22.3 Å². The summed E-state index contributed by atoms with van der Waals surface area (Å²) in [6, 6.07) is 15.2. The van der Waals surface area contributed by atoms with Gasteiger partial charge in [0.25, 0.3) is 0 Å². The lowest BCUT2D eigenvalue weighted by Gasteiger charge is -2.53. The highest BCUT2D eigenvalue weighted by Crippen LogP contribution is 2.44. The third kappa shape index (κ3) is 3.61. The fourth-order valence-electron chi connectivity index (χ4n) is 4.88. The number of carbonyl (C=O) groups excluding carboxylic acids is 2. The lowest BCUT2D eigenvalue weighted by Crippen LogP contribution is -2.71. The third-order valence-electron chi connectivity index (χ3n) is 6.42. The Hall–Kier alpha value is -3.35. The number of benzene rings is 2. The van der Waals surface area contributed by atoms with Crippen LogP contribution >= 0.6 is 0 Å². The lowest BCUT2D eigenvalue weighted by atomic mass is 9.74. The Balaban J connectivity index is 1.42. The third-order valence-corrected chi connectivity index (χ3v) is 6.42. The lowest BCUT2D eigenvalue weighted by molar-refractivity contribution is -0.174. The van der Waals surface area contributed by atoms with Gasteiger partial charge in [-0.05, 0) is 36.1 Å². The van der Waals surface area contributed by atoms with Gasteiger partial charge < -0.3 is 20.1 Å². The molecule has 0 saturated carbocycles. The Morgan fingerprint density at radius 2 is 1.59 bits per heavy atom. The smallest absolute Gasteiger partial charge is 0.408 e. The first-order valence-electron chi connectivity index (χ1n) is 10.7. The second-order valence-corrected chi connectivity index (χ2v) is 9.74. The van der Waals surface area contributed by atoms with Crippen LogP contribution in [0.3, 0.4) is 0 Å². The predicted molar refractivity (Wildman–Crippen MR) is 119 cm³/mol.